The van der Waals surface area contributed by atoms with Crippen LogP contribution in [-0.4, -0.2) is 12.6 Å². The summed E-state index contributed by atoms with van der Waals surface area (Å²) in [6.45, 7) is 4.44. The number of carbonyl (C=O) groups is 1. The molecule has 1 aromatic carbocycles. The predicted molar refractivity (Wildman–Crippen MR) is 60.7 cm³/mol. The lowest BCUT2D eigenvalue weighted by Crippen LogP contribution is -2.05. The Kier molecular flexibility index (Phi) is 4.88. The van der Waals surface area contributed by atoms with Crippen LogP contribution in [0.1, 0.15) is 38.2 Å². The maximum absolute atomic E-state index is 11.2. The summed E-state index contributed by atoms with van der Waals surface area (Å²) in [4.78, 5) is 11.2. The molecule has 1 rings (SSSR count). The van der Waals surface area contributed by atoms with Gasteiger partial charge in [-0.25, -0.2) is 0 Å². The van der Waals surface area contributed by atoms with E-state index >= 15 is 0 Å². The van der Waals surface area contributed by atoms with Crippen LogP contribution in [0.2, 0.25) is 0 Å². The summed E-state index contributed by atoms with van der Waals surface area (Å²) in [5, 5.41) is 0. The molecule has 0 aliphatic heterocycles. The smallest absolute Gasteiger partial charge is 0.305 e. The quantitative estimate of drug-likeness (QED) is 0.692. The molecule has 0 spiro atoms. The molecule has 0 aromatic heterocycles. The Morgan fingerprint density at radius 1 is 1.33 bits per heavy atom. The van der Waals surface area contributed by atoms with E-state index < -0.39 is 0 Å². The van der Waals surface area contributed by atoms with Gasteiger partial charge in [0.15, 0.2) is 0 Å². The third-order valence-electron chi connectivity index (χ3n) is 2.46. The number of rotatable bonds is 5. The van der Waals surface area contributed by atoms with Crippen molar-refractivity contribution in [3.8, 4) is 0 Å². The van der Waals surface area contributed by atoms with Gasteiger partial charge in [0.2, 0.25) is 0 Å². The first-order valence-electron chi connectivity index (χ1n) is 5.44. The predicted octanol–water partition coefficient (Wildman–Crippen LogP) is 3.13. The van der Waals surface area contributed by atoms with Gasteiger partial charge in [0.1, 0.15) is 0 Å². The van der Waals surface area contributed by atoms with E-state index in [2.05, 4.69) is 19.1 Å². The molecule has 82 valence electrons. The van der Waals surface area contributed by atoms with E-state index in [0.29, 0.717) is 18.9 Å². The van der Waals surface area contributed by atoms with E-state index in [1.807, 2.05) is 25.1 Å². The molecule has 0 amide bonds. The van der Waals surface area contributed by atoms with Gasteiger partial charge in [-0.2, -0.15) is 0 Å². The number of hydrogen-bond donors (Lipinski definition) is 0. The van der Waals surface area contributed by atoms with Gasteiger partial charge in [-0.3, -0.25) is 4.79 Å². The molecule has 1 atom stereocenters. The average Bonchev–Trinajstić information content (AvgIpc) is 2.27. The molecule has 2 nitrogen and oxygen atoms in total. The van der Waals surface area contributed by atoms with Gasteiger partial charge in [-0.05, 0) is 24.8 Å². The van der Waals surface area contributed by atoms with Gasteiger partial charge >= 0.3 is 5.97 Å². The highest BCUT2D eigenvalue weighted by atomic mass is 16.5. The highest BCUT2D eigenvalue weighted by Gasteiger charge is 2.08. The maximum Gasteiger partial charge on any atom is 0.305 e. The number of benzene rings is 1. The number of carbonyl (C=O) groups excluding carboxylic acids is 1. The van der Waals surface area contributed by atoms with Gasteiger partial charge in [0, 0.05) is 6.42 Å². The van der Waals surface area contributed by atoms with Crippen molar-refractivity contribution in [2.45, 2.75) is 32.6 Å². The van der Waals surface area contributed by atoms with Crippen molar-refractivity contribution in [1.29, 1.82) is 0 Å². The molecule has 0 unspecified atom stereocenters. The van der Waals surface area contributed by atoms with Crippen LogP contribution >= 0.6 is 0 Å². The summed E-state index contributed by atoms with van der Waals surface area (Å²) in [6.07, 6.45) is 1.35. The largest absolute Gasteiger partial charge is 0.466 e. The van der Waals surface area contributed by atoms with E-state index in [1.54, 1.807) is 0 Å². The number of ether oxygens (including phenoxy) is 1. The molecule has 0 N–H and O–H groups in total. The van der Waals surface area contributed by atoms with E-state index in [4.69, 9.17) is 4.74 Å². The molecule has 0 aliphatic rings. The first kappa shape index (κ1) is 11.8. The topological polar surface area (TPSA) is 26.3 Å². The molecule has 15 heavy (non-hydrogen) atoms. The van der Waals surface area contributed by atoms with Crippen LogP contribution in [-0.2, 0) is 9.53 Å². The minimum atomic E-state index is -0.0970. The molecular weight excluding hydrogens is 188 g/mol. The average molecular weight is 206 g/mol. The van der Waals surface area contributed by atoms with E-state index in [-0.39, 0.29) is 5.97 Å². The van der Waals surface area contributed by atoms with Crippen molar-refractivity contribution in [2.24, 2.45) is 0 Å². The van der Waals surface area contributed by atoms with Crippen LogP contribution in [0.5, 0.6) is 0 Å². The van der Waals surface area contributed by atoms with E-state index in [9.17, 15) is 4.79 Å². The summed E-state index contributed by atoms with van der Waals surface area (Å²) in [6, 6.07) is 10.2. The van der Waals surface area contributed by atoms with Crippen LogP contribution in [0, 0.1) is 0 Å². The maximum atomic E-state index is 11.2. The van der Waals surface area contributed by atoms with Crippen LogP contribution in [0.15, 0.2) is 30.3 Å². The second kappa shape index (κ2) is 6.23. The Morgan fingerprint density at radius 2 is 2.00 bits per heavy atom. The van der Waals surface area contributed by atoms with Crippen molar-refractivity contribution in [3.63, 3.8) is 0 Å². The van der Waals surface area contributed by atoms with Crippen molar-refractivity contribution >= 4 is 5.97 Å². The molecule has 0 saturated carbocycles. The van der Waals surface area contributed by atoms with Crippen LogP contribution in [0.4, 0.5) is 0 Å². The SMILES string of the molecule is CCOC(=O)CC[C@H](C)c1ccccc1. The molecular formula is C13H18O2. The van der Waals surface area contributed by atoms with Crippen molar-refractivity contribution in [1.82, 2.24) is 0 Å². The van der Waals surface area contributed by atoms with Crippen molar-refractivity contribution in [3.05, 3.63) is 35.9 Å². The first-order chi connectivity index (χ1) is 7.24. The summed E-state index contributed by atoms with van der Waals surface area (Å²) in [5.74, 6) is 0.316. The first-order valence-corrected chi connectivity index (χ1v) is 5.44. The molecule has 0 fully saturated rings. The Morgan fingerprint density at radius 3 is 2.60 bits per heavy atom. The molecule has 0 radical (unpaired) electrons. The van der Waals surface area contributed by atoms with Crippen LogP contribution < -0.4 is 0 Å². The molecule has 0 saturated heterocycles. The Hall–Kier alpha value is -1.31. The zero-order chi connectivity index (χ0) is 11.1. The third-order valence-corrected chi connectivity index (χ3v) is 2.46. The van der Waals surface area contributed by atoms with Crippen molar-refractivity contribution in [2.75, 3.05) is 6.61 Å². The second-order valence-electron chi connectivity index (χ2n) is 3.66. The highest BCUT2D eigenvalue weighted by Crippen LogP contribution is 2.20. The van der Waals surface area contributed by atoms with Gasteiger partial charge in [-0.15, -0.1) is 0 Å². The van der Waals surface area contributed by atoms with Crippen LogP contribution in [0.3, 0.4) is 0 Å². The molecule has 0 heterocycles. The lowest BCUT2D eigenvalue weighted by atomic mass is 9.96. The fourth-order valence-electron chi connectivity index (χ4n) is 1.52. The summed E-state index contributed by atoms with van der Waals surface area (Å²) in [7, 11) is 0. The fourth-order valence-corrected chi connectivity index (χ4v) is 1.52. The van der Waals surface area contributed by atoms with Crippen LogP contribution in [0.25, 0.3) is 0 Å². The summed E-state index contributed by atoms with van der Waals surface area (Å²) < 4.78 is 4.89. The number of hydrogen-bond acceptors (Lipinski definition) is 2. The standard InChI is InChI=1S/C13H18O2/c1-3-15-13(14)10-9-11(2)12-7-5-4-6-8-12/h4-8,11H,3,9-10H2,1-2H3/t11-/m0/s1. The van der Waals surface area contributed by atoms with Gasteiger partial charge in [0.05, 0.1) is 6.61 Å². The lowest BCUT2D eigenvalue weighted by molar-refractivity contribution is -0.143. The molecule has 1 aromatic rings. The normalized spacial score (nSPS) is 12.1. The minimum Gasteiger partial charge on any atom is -0.466 e. The molecule has 0 bridgehead atoms. The third kappa shape index (κ3) is 4.15. The summed E-state index contributed by atoms with van der Waals surface area (Å²) >= 11 is 0. The monoisotopic (exact) mass is 206 g/mol. The second-order valence-corrected chi connectivity index (χ2v) is 3.66. The van der Waals surface area contributed by atoms with Gasteiger partial charge < -0.3 is 4.74 Å². The Balaban J connectivity index is 2.37. The van der Waals surface area contributed by atoms with Gasteiger partial charge in [0.25, 0.3) is 0 Å². The molecule has 2 heteroatoms. The zero-order valence-corrected chi connectivity index (χ0v) is 9.40. The fraction of sp³-hybridized carbons (Fsp3) is 0.462. The van der Waals surface area contributed by atoms with E-state index in [1.165, 1.54) is 5.56 Å². The highest BCUT2D eigenvalue weighted by molar-refractivity contribution is 5.69. The zero-order valence-electron chi connectivity index (χ0n) is 9.40. The van der Waals surface area contributed by atoms with E-state index in [0.717, 1.165) is 6.42 Å². The Labute approximate surface area is 91.3 Å². The lowest BCUT2D eigenvalue weighted by Gasteiger charge is -2.10. The van der Waals surface area contributed by atoms with Crippen molar-refractivity contribution < 1.29 is 9.53 Å². The summed E-state index contributed by atoms with van der Waals surface area (Å²) in [5.41, 5.74) is 1.28. The van der Waals surface area contributed by atoms with Gasteiger partial charge in [-0.1, -0.05) is 37.3 Å². The Bertz CT molecular complexity index is 293. The minimum absolute atomic E-state index is 0.0970. The molecule has 0 aliphatic carbocycles. The number of esters is 1.